The fourth-order valence-electron chi connectivity index (χ4n) is 2.61. The Bertz CT molecular complexity index is 1080. The molecule has 1 aromatic heterocycles. The third kappa shape index (κ3) is 4.40. The number of halogens is 1. The smallest absolute Gasteiger partial charge is 0.261 e. The van der Waals surface area contributed by atoms with Gasteiger partial charge in [-0.15, -0.1) is 0 Å². The summed E-state index contributed by atoms with van der Waals surface area (Å²) in [6, 6.07) is 13.2. The second kappa shape index (κ2) is 7.85. The number of anilines is 1. The van der Waals surface area contributed by atoms with Crippen molar-refractivity contribution in [2.45, 2.75) is 18.4 Å². The van der Waals surface area contributed by atoms with Crippen LogP contribution in [0.5, 0.6) is 0 Å². The molecule has 0 unspecified atom stereocenters. The second-order valence-corrected chi connectivity index (χ2v) is 8.02. The van der Waals surface area contributed by atoms with Crippen LogP contribution in [-0.4, -0.2) is 26.3 Å². The number of benzene rings is 2. The molecule has 28 heavy (non-hydrogen) atoms. The van der Waals surface area contributed by atoms with E-state index in [9.17, 15) is 17.6 Å². The molecule has 0 aliphatic rings. The fourth-order valence-corrected chi connectivity index (χ4v) is 3.75. The number of furan rings is 1. The zero-order chi connectivity index (χ0) is 20.3. The first-order valence-corrected chi connectivity index (χ1v) is 9.91. The van der Waals surface area contributed by atoms with Crippen LogP contribution in [-0.2, 0) is 16.6 Å². The van der Waals surface area contributed by atoms with Gasteiger partial charge in [0.1, 0.15) is 11.6 Å². The van der Waals surface area contributed by atoms with E-state index in [1.165, 1.54) is 54.5 Å². The van der Waals surface area contributed by atoms with Crippen molar-refractivity contribution in [3.05, 3.63) is 83.6 Å². The predicted molar refractivity (Wildman–Crippen MR) is 103 cm³/mol. The molecule has 0 spiro atoms. The molecular weight excluding hydrogens is 383 g/mol. The van der Waals surface area contributed by atoms with Gasteiger partial charge in [-0.2, -0.15) is 0 Å². The van der Waals surface area contributed by atoms with Crippen LogP contribution < -0.4 is 4.72 Å². The van der Waals surface area contributed by atoms with Gasteiger partial charge >= 0.3 is 0 Å². The standard InChI is InChI=1S/C20H19FN2O4S/c1-14-12-18(9-10-19(14)21)28(25,26)22-16-7-5-15(6-8-16)20(24)23(2)13-17-4-3-11-27-17/h3-12,22H,13H2,1-2H3. The topological polar surface area (TPSA) is 79.6 Å². The van der Waals surface area contributed by atoms with Crippen molar-refractivity contribution in [3.63, 3.8) is 0 Å². The fraction of sp³-hybridized carbons (Fsp3) is 0.150. The highest BCUT2D eigenvalue weighted by atomic mass is 32.2. The van der Waals surface area contributed by atoms with Gasteiger partial charge in [0, 0.05) is 18.3 Å². The Balaban J connectivity index is 1.71. The first kappa shape index (κ1) is 19.6. The van der Waals surface area contributed by atoms with Gasteiger partial charge < -0.3 is 9.32 Å². The summed E-state index contributed by atoms with van der Waals surface area (Å²) >= 11 is 0. The molecule has 1 heterocycles. The van der Waals surface area contributed by atoms with E-state index in [1.54, 1.807) is 19.2 Å². The SMILES string of the molecule is Cc1cc(S(=O)(=O)Nc2ccc(C(=O)N(C)Cc3ccco3)cc2)ccc1F. The second-order valence-electron chi connectivity index (χ2n) is 6.33. The van der Waals surface area contributed by atoms with E-state index in [0.29, 0.717) is 23.6 Å². The normalized spacial score (nSPS) is 11.2. The molecule has 0 atom stereocenters. The number of carbonyl (C=O) groups excluding carboxylic acids is 1. The van der Waals surface area contributed by atoms with Crippen LogP contribution >= 0.6 is 0 Å². The molecule has 8 heteroatoms. The lowest BCUT2D eigenvalue weighted by Crippen LogP contribution is -2.26. The highest BCUT2D eigenvalue weighted by molar-refractivity contribution is 7.92. The minimum absolute atomic E-state index is 0.0373. The molecule has 146 valence electrons. The summed E-state index contributed by atoms with van der Waals surface area (Å²) in [5.41, 5.74) is 0.949. The number of carbonyl (C=O) groups is 1. The van der Waals surface area contributed by atoms with Crippen molar-refractivity contribution in [2.75, 3.05) is 11.8 Å². The highest BCUT2D eigenvalue weighted by Gasteiger charge is 2.17. The minimum Gasteiger partial charge on any atom is -0.467 e. The van der Waals surface area contributed by atoms with Crippen molar-refractivity contribution in [1.82, 2.24) is 4.90 Å². The minimum atomic E-state index is -3.86. The van der Waals surface area contributed by atoms with Gasteiger partial charge in [-0.3, -0.25) is 9.52 Å². The lowest BCUT2D eigenvalue weighted by atomic mass is 10.2. The Kier molecular flexibility index (Phi) is 5.51. The van der Waals surface area contributed by atoms with E-state index in [0.717, 1.165) is 6.07 Å². The van der Waals surface area contributed by atoms with E-state index < -0.39 is 15.8 Å². The molecule has 0 saturated heterocycles. The van der Waals surface area contributed by atoms with E-state index in [-0.39, 0.29) is 16.4 Å². The van der Waals surface area contributed by atoms with Crippen LogP contribution in [0.2, 0.25) is 0 Å². The third-order valence-corrected chi connectivity index (χ3v) is 5.52. The van der Waals surface area contributed by atoms with Gasteiger partial charge in [-0.05, 0) is 67.1 Å². The molecular formula is C20H19FN2O4S. The number of sulfonamides is 1. The summed E-state index contributed by atoms with van der Waals surface area (Å²) in [7, 11) is -2.21. The maximum atomic E-state index is 13.4. The van der Waals surface area contributed by atoms with Gasteiger partial charge in [0.25, 0.3) is 15.9 Å². The monoisotopic (exact) mass is 402 g/mol. The number of hydrogen-bond donors (Lipinski definition) is 1. The van der Waals surface area contributed by atoms with Crippen molar-refractivity contribution in [2.24, 2.45) is 0 Å². The Morgan fingerprint density at radius 1 is 1.14 bits per heavy atom. The largest absolute Gasteiger partial charge is 0.467 e. The number of aryl methyl sites for hydroxylation is 1. The average Bonchev–Trinajstić information content (AvgIpc) is 3.16. The van der Waals surface area contributed by atoms with Crippen LogP contribution in [0.1, 0.15) is 21.7 Å². The van der Waals surface area contributed by atoms with Crippen molar-refractivity contribution in [3.8, 4) is 0 Å². The number of amides is 1. The summed E-state index contributed by atoms with van der Waals surface area (Å²) < 4.78 is 45.9. The summed E-state index contributed by atoms with van der Waals surface area (Å²) in [6.45, 7) is 1.82. The van der Waals surface area contributed by atoms with Gasteiger partial charge in [-0.1, -0.05) is 0 Å². The van der Waals surface area contributed by atoms with Crippen molar-refractivity contribution < 1.29 is 22.0 Å². The van der Waals surface area contributed by atoms with E-state index >= 15 is 0 Å². The maximum absolute atomic E-state index is 13.4. The molecule has 0 radical (unpaired) electrons. The molecule has 0 bridgehead atoms. The Morgan fingerprint density at radius 3 is 2.46 bits per heavy atom. The Morgan fingerprint density at radius 2 is 1.86 bits per heavy atom. The first-order valence-electron chi connectivity index (χ1n) is 8.43. The van der Waals surface area contributed by atoms with E-state index in [4.69, 9.17) is 4.42 Å². The number of nitrogens with one attached hydrogen (secondary N) is 1. The van der Waals surface area contributed by atoms with Gasteiger partial charge in [0.2, 0.25) is 0 Å². The van der Waals surface area contributed by atoms with Gasteiger partial charge in [0.15, 0.2) is 0 Å². The van der Waals surface area contributed by atoms with Crippen LogP contribution in [0.4, 0.5) is 10.1 Å². The van der Waals surface area contributed by atoms with Gasteiger partial charge in [0.05, 0.1) is 17.7 Å². The molecule has 2 aromatic carbocycles. The molecule has 3 rings (SSSR count). The summed E-state index contributed by atoms with van der Waals surface area (Å²) in [6.07, 6.45) is 1.54. The lowest BCUT2D eigenvalue weighted by Gasteiger charge is -2.16. The number of rotatable bonds is 6. The highest BCUT2D eigenvalue weighted by Crippen LogP contribution is 2.19. The number of hydrogen-bond acceptors (Lipinski definition) is 4. The van der Waals surface area contributed by atoms with Gasteiger partial charge in [-0.25, -0.2) is 12.8 Å². The van der Waals surface area contributed by atoms with Crippen LogP contribution in [0.3, 0.4) is 0 Å². The van der Waals surface area contributed by atoms with Crippen molar-refractivity contribution >= 4 is 21.6 Å². The zero-order valence-corrected chi connectivity index (χ0v) is 16.2. The molecule has 3 aromatic rings. The van der Waals surface area contributed by atoms with E-state index in [1.807, 2.05) is 0 Å². The maximum Gasteiger partial charge on any atom is 0.261 e. The van der Waals surface area contributed by atoms with E-state index in [2.05, 4.69) is 4.72 Å². The predicted octanol–water partition coefficient (Wildman–Crippen LogP) is 3.80. The third-order valence-electron chi connectivity index (χ3n) is 4.14. The van der Waals surface area contributed by atoms with Crippen LogP contribution in [0.15, 0.2) is 70.2 Å². The molecule has 0 saturated carbocycles. The molecule has 6 nitrogen and oxygen atoms in total. The lowest BCUT2D eigenvalue weighted by molar-refractivity contribution is 0.0775. The van der Waals surface area contributed by atoms with Crippen molar-refractivity contribution in [1.29, 1.82) is 0 Å². The summed E-state index contributed by atoms with van der Waals surface area (Å²) in [5, 5.41) is 0. The molecule has 0 aliphatic heterocycles. The molecule has 1 amide bonds. The average molecular weight is 402 g/mol. The Hall–Kier alpha value is -3.13. The zero-order valence-electron chi connectivity index (χ0n) is 15.3. The molecule has 0 fully saturated rings. The molecule has 0 aliphatic carbocycles. The van der Waals surface area contributed by atoms with Crippen LogP contribution in [0.25, 0.3) is 0 Å². The number of nitrogens with zero attached hydrogens (tertiary/aromatic N) is 1. The van der Waals surface area contributed by atoms with Crippen LogP contribution in [0, 0.1) is 12.7 Å². The molecule has 1 N–H and O–H groups in total. The summed E-state index contributed by atoms with van der Waals surface area (Å²) in [4.78, 5) is 13.9. The summed E-state index contributed by atoms with van der Waals surface area (Å²) in [5.74, 6) is -0.0322. The Labute approximate surface area is 162 Å². The quantitative estimate of drug-likeness (QED) is 0.680. The first-order chi connectivity index (χ1) is 13.3.